The number of allylic oxidation sites excluding steroid dienone is 16. The lowest BCUT2D eigenvalue weighted by Gasteiger charge is -2.18. The fraction of sp³-hybridized carbons (Fsp3) is 0.689. The first-order valence-electron chi connectivity index (χ1n) is 27.7. The average Bonchev–Trinajstić information content (AvgIpc) is 3.33. The molecule has 0 radical (unpaired) electrons. The molecule has 0 aliphatic heterocycles. The Morgan fingerprint density at radius 3 is 0.925 bits per heavy atom. The summed E-state index contributed by atoms with van der Waals surface area (Å²) in [5, 5.41) is 0. The maximum absolute atomic E-state index is 12.8. The number of hydrogen-bond acceptors (Lipinski definition) is 6. The van der Waals surface area contributed by atoms with Gasteiger partial charge in [0.05, 0.1) is 0 Å². The van der Waals surface area contributed by atoms with Crippen molar-refractivity contribution in [1.82, 2.24) is 0 Å². The van der Waals surface area contributed by atoms with E-state index in [0.29, 0.717) is 19.3 Å². The Morgan fingerprint density at radius 2 is 0.582 bits per heavy atom. The molecule has 0 aromatic rings. The highest BCUT2D eigenvalue weighted by Gasteiger charge is 2.19. The van der Waals surface area contributed by atoms with Crippen molar-refractivity contribution in [2.24, 2.45) is 0 Å². The number of carbonyl (C=O) groups excluding carboxylic acids is 3. The van der Waals surface area contributed by atoms with Crippen molar-refractivity contribution in [2.75, 3.05) is 13.2 Å². The van der Waals surface area contributed by atoms with E-state index in [0.717, 1.165) is 128 Å². The van der Waals surface area contributed by atoms with E-state index in [9.17, 15) is 14.4 Å². The van der Waals surface area contributed by atoms with Gasteiger partial charge in [-0.3, -0.25) is 14.4 Å². The molecule has 382 valence electrons. The van der Waals surface area contributed by atoms with E-state index < -0.39 is 6.10 Å². The molecule has 67 heavy (non-hydrogen) atoms. The molecule has 0 rings (SSSR count). The number of carbonyl (C=O) groups is 3. The second-order valence-corrected chi connectivity index (χ2v) is 18.1. The lowest BCUT2D eigenvalue weighted by atomic mass is 10.1. The molecule has 0 aromatic carbocycles. The lowest BCUT2D eigenvalue weighted by molar-refractivity contribution is -0.167. The van der Waals surface area contributed by atoms with Crippen LogP contribution in [-0.4, -0.2) is 37.2 Å². The Kier molecular flexibility index (Phi) is 51.9. The molecule has 0 bridgehead atoms. The molecular formula is C61H102O6. The van der Waals surface area contributed by atoms with Crippen LogP contribution in [0.2, 0.25) is 0 Å². The highest BCUT2D eigenvalue weighted by Crippen LogP contribution is 2.14. The van der Waals surface area contributed by atoms with Crippen molar-refractivity contribution in [1.29, 1.82) is 0 Å². The zero-order valence-electron chi connectivity index (χ0n) is 43.6. The summed E-state index contributed by atoms with van der Waals surface area (Å²) in [6.07, 6.45) is 72.4. The van der Waals surface area contributed by atoms with Crippen LogP contribution < -0.4 is 0 Å². The zero-order chi connectivity index (χ0) is 48.6. The molecule has 0 fully saturated rings. The first-order chi connectivity index (χ1) is 33.0. The molecule has 6 heteroatoms. The van der Waals surface area contributed by atoms with Crippen LogP contribution in [0.4, 0.5) is 0 Å². The predicted molar refractivity (Wildman–Crippen MR) is 288 cm³/mol. The maximum atomic E-state index is 12.8. The summed E-state index contributed by atoms with van der Waals surface area (Å²) in [6.45, 7) is 6.38. The molecule has 0 spiro atoms. The number of ether oxygens (including phenoxy) is 3. The van der Waals surface area contributed by atoms with Gasteiger partial charge < -0.3 is 14.2 Å². The van der Waals surface area contributed by atoms with Crippen LogP contribution in [0.1, 0.15) is 252 Å². The van der Waals surface area contributed by atoms with Gasteiger partial charge in [0.2, 0.25) is 0 Å². The van der Waals surface area contributed by atoms with Crippen molar-refractivity contribution in [3.63, 3.8) is 0 Å². The van der Waals surface area contributed by atoms with Crippen molar-refractivity contribution in [2.45, 2.75) is 258 Å². The summed E-state index contributed by atoms with van der Waals surface area (Å²) in [4.78, 5) is 38.1. The Balaban J connectivity index is 4.47. The van der Waals surface area contributed by atoms with Gasteiger partial charge in [-0.15, -0.1) is 0 Å². The molecule has 1 atom stereocenters. The Bertz CT molecular complexity index is 1350. The smallest absolute Gasteiger partial charge is 0.306 e. The maximum Gasteiger partial charge on any atom is 0.306 e. The summed E-state index contributed by atoms with van der Waals surface area (Å²) in [6, 6.07) is 0. The van der Waals surface area contributed by atoms with Gasteiger partial charge in [0.25, 0.3) is 0 Å². The van der Waals surface area contributed by atoms with Crippen LogP contribution in [0.25, 0.3) is 0 Å². The minimum absolute atomic E-state index is 0.0945. The molecule has 6 nitrogen and oxygen atoms in total. The van der Waals surface area contributed by atoms with E-state index in [1.165, 1.54) is 83.5 Å². The largest absolute Gasteiger partial charge is 0.462 e. The average molecular weight is 931 g/mol. The van der Waals surface area contributed by atoms with E-state index in [2.05, 4.69) is 118 Å². The number of unbranched alkanes of at least 4 members (excludes halogenated alkanes) is 22. The molecule has 0 amide bonds. The quantitative estimate of drug-likeness (QED) is 0.0262. The Morgan fingerprint density at radius 1 is 0.313 bits per heavy atom. The SMILES string of the molecule is CC/C=C\C/C=C\C/C=C\C/C=C\CCCCCCC(=O)OCC(COC(=O)CCCCCCC/C=C\CCCCCCCC)OC(=O)CCCCCCCCC/C=C\C/C=C\C/C=C\CC. The van der Waals surface area contributed by atoms with Gasteiger partial charge in [-0.05, 0) is 116 Å². The van der Waals surface area contributed by atoms with E-state index in [4.69, 9.17) is 14.2 Å². The summed E-state index contributed by atoms with van der Waals surface area (Å²) in [5.74, 6) is -0.935. The van der Waals surface area contributed by atoms with Crippen molar-refractivity contribution < 1.29 is 28.6 Å². The second-order valence-electron chi connectivity index (χ2n) is 18.1. The standard InChI is InChI=1S/C61H102O6/c1-4-7-10-13-16-19-22-25-28-30-33-36-39-42-45-48-51-54-60(63)66-57-58(56-65-59(62)53-50-47-44-41-38-35-32-27-24-21-18-15-12-9-6-3)67-61(64)55-52-49-46-43-40-37-34-31-29-26-23-20-17-14-11-8-5-2/h7-8,10-11,16-17,19-20,25-29,32-33,36,58H,4-6,9,12-15,18,21-24,30-31,34-35,37-57H2,1-3H3/b10-7-,11-8-,19-16-,20-17-,28-25-,29-26-,32-27-,36-33-. The van der Waals surface area contributed by atoms with Crippen LogP contribution >= 0.6 is 0 Å². The van der Waals surface area contributed by atoms with Gasteiger partial charge in [0.1, 0.15) is 13.2 Å². The monoisotopic (exact) mass is 931 g/mol. The third kappa shape index (κ3) is 53.2. The summed E-state index contributed by atoms with van der Waals surface area (Å²) >= 11 is 0. The van der Waals surface area contributed by atoms with Gasteiger partial charge in [-0.25, -0.2) is 0 Å². The van der Waals surface area contributed by atoms with Gasteiger partial charge in [-0.1, -0.05) is 214 Å². The van der Waals surface area contributed by atoms with Gasteiger partial charge in [0, 0.05) is 19.3 Å². The summed E-state index contributed by atoms with van der Waals surface area (Å²) in [7, 11) is 0. The van der Waals surface area contributed by atoms with Crippen LogP contribution in [-0.2, 0) is 28.6 Å². The van der Waals surface area contributed by atoms with Gasteiger partial charge >= 0.3 is 17.9 Å². The minimum atomic E-state index is -0.798. The number of rotatable bonds is 49. The number of esters is 3. The fourth-order valence-corrected chi connectivity index (χ4v) is 7.44. The third-order valence-corrected chi connectivity index (χ3v) is 11.6. The molecule has 1 unspecified atom stereocenters. The van der Waals surface area contributed by atoms with Crippen molar-refractivity contribution >= 4 is 17.9 Å². The molecule has 0 heterocycles. The first kappa shape index (κ1) is 63.3. The zero-order valence-corrected chi connectivity index (χ0v) is 43.6. The van der Waals surface area contributed by atoms with Crippen LogP contribution in [0.15, 0.2) is 97.2 Å². The highest BCUT2D eigenvalue weighted by molar-refractivity contribution is 5.71. The van der Waals surface area contributed by atoms with E-state index in [1.54, 1.807) is 0 Å². The molecule has 0 aliphatic carbocycles. The highest BCUT2D eigenvalue weighted by atomic mass is 16.6. The van der Waals surface area contributed by atoms with Gasteiger partial charge in [0.15, 0.2) is 6.10 Å². The van der Waals surface area contributed by atoms with Crippen LogP contribution in [0, 0.1) is 0 Å². The lowest BCUT2D eigenvalue weighted by Crippen LogP contribution is -2.30. The first-order valence-corrected chi connectivity index (χ1v) is 27.7. The topological polar surface area (TPSA) is 78.9 Å². The third-order valence-electron chi connectivity index (χ3n) is 11.6. The molecule has 0 N–H and O–H groups in total. The molecule has 0 saturated carbocycles. The molecule has 0 saturated heterocycles. The summed E-state index contributed by atoms with van der Waals surface area (Å²) < 4.78 is 16.8. The minimum Gasteiger partial charge on any atom is -0.462 e. The fourth-order valence-electron chi connectivity index (χ4n) is 7.44. The molecule has 0 aliphatic rings. The molecular weight excluding hydrogens is 829 g/mol. The predicted octanol–water partition coefficient (Wildman–Crippen LogP) is 18.5. The van der Waals surface area contributed by atoms with Crippen LogP contribution in [0.3, 0.4) is 0 Å². The van der Waals surface area contributed by atoms with E-state index in [-0.39, 0.29) is 31.1 Å². The normalized spacial score (nSPS) is 12.8. The number of hydrogen-bond donors (Lipinski definition) is 0. The van der Waals surface area contributed by atoms with E-state index in [1.807, 2.05) is 0 Å². The molecule has 0 aromatic heterocycles. The van der Waals surface area contributed by atoms with E-state index >= 15 is 0 Å². The van der Waals surface area contributed by atoms with Crippen LogP contribution in [0.5, 0.6) is 0 Å². The summed E-state index contributed by atoms with van der Waals surface area (Å²) in [5.41, 5.74) is 0. The Hall–Kier alpha value is -3.67. The Labute approximate surface area is 413 Å². The van der Waals surface area contributed by atoms with Crippen molar-refractivity contribution in [3.8, 4) is 0 Å². The van der Waals surface area contributed by atoms with Gasteiger partial charge in [-0.2, -0.15) is 0 Å². The second kappa shape index (κ2) is 54.9. The van der Waals surface area contributed by atoms with Crippen molar-refractivity contribution in [3.05, 3.63) is 97.2 Å².